The number of rotatable bonds is 6. The Bertz CT molecular complexity index is 1900. The maximum absolute atomic E-state index is 4.84. The quantitative estimate of drug-likeness (QED) is 0.211. The summed E-state index contributed by atoms with van der Waals surface area (Å²) in [4.78, 5) is 9.68. The van der Waals surface area contributed by atoms with Crippen LogP contribution >= 0.6 is 0 Å². The van der Waals surface area contributed by atoms with E-state index in [1.807, 2.05) is 12.1 Å². The largest absolute Gasteiger partial charge is 0.248 e. The molecule has 0 N–H and O–H groups in total. The number of hydrogen-bond donors (Lipinski definition) is 0. The maximum Gasteiger partial charge on any atom is 0.0709 e. The minimum Gasteiger partial charge on any atom is -0.248 e. The first kappa shape index (κ1) is 25.4. The Morgan fingerprint density at radius 3 is 1.19 bits per heavy atom. The molecule has 0 atom stereocenters. The highest BCUT2D eigenvalue weighted by molar-refractivity contribution is 5.87. The van der Waals surface area contributed by atoms with Gasteiger partial charge < -0.3 is 0 Å². The highest BCUT2D eigenvalue weighted by Gasteiger charge is 2.03. The molecular weight excluding hydrogens is 508 g/mol. The van der Waals surface area contributed by atoms with Gasteiger partial charge in [0.15, 0.2) is 0 Å². The first-order chi connectivity index (χ1) is 20.8. The van der Waals surface area contributed by atoms with E-state index in [4.69, 9.17) is 9.97 Å². The molecule has 2 heteroatoms. The van der Waals surface area contributed by atoms with E-state index in [-0.39, 0.29) is 0 Å². The van der Waals surface area contributed by atoms with Crippen molar-refractivity contribution >= 4 is 46.1 Å². The number of hydrogen-bond acceptors (Lipinski definition) is 2. The molecule has 2 nitrogen and oxygen atoms in total. The molecule has 0 aliphatic heterocycles. The summed E-state index contributed by atoms with van der Waals surface area (Å²) in [5, 5.41) is 2.28. The summed E-state index contributed by atoms with van der Waals surface area (Å²) in [6.07, 6.45) is 8.35. The standard InChI is InChI=1S/C40H28N2/c1-3-7-31(8-4-1)33-19-25-39-35(27-33)17-23-37(41-39)21-15-29-11-13-30(14-12-29)16-22-38-24-18-36-28-34(20-26-40(36)42-38)32-9-5-2-6-10-32/h1-28H. The van der Waals surface area contributed by atoms with Crippen LogP contribution in [0.4, 0.5) is 0 Å². The zero-order valence-electron chi connectivity index (χ0n) is 23.1. The highest BCUT2D eigenvalue weighted by Crippen LogP contribution is 2.25. The fourth-order valence-corrected chi connectivity index (χ4v) is 5.17. The molecule has 0 unspecified atom stereocenters. The lowest BCUT2D eigenvalue weighted by molar-refractivity contribution is 1.37. The predicted octanol–water partition coefficient (Wildman–Crippen LogP) is 10.5. The lowest BCUT2D eigenvalue weighted by atomic mass is 10.0. The van der Waals surface area contributed by atoms with Gasteiger partial charge in [-0.3, -0.25) is 0 Å². The van der Waals surface area contributed by atoms with Crippen LogP contribution in [0.25, 0.3) is 68.4 Å². The molecule has 0 bridgehead atoms. The third kappa shape index (κ3) is 5.65. The molecule has 0 radical (unpaired) electrons. The van der Waals surface area contributed by atoms with Crippen molar-refractivity contribution in [2.75, 3.05) is 0 Å². The molecule has 7 aromatic rings. The van der Waals surface area contributed by atoms with Gasteiger partial charge in [-0.1, -0.05) is 121 Å². The summed E-state index contributed by atoms with van der Waals surface area (Å²) in [6.45, 7) is 0. The molecule has 0 saturated carbocycles. The Morgan fingerprint density at radius 2 is 0.762 bits per heavy atom. The zero-order chi connectivity index (χ0) is 28.1. The molecule has 0 aliphatic rings. The van der Waals surface area contributed by atoms with E-state index in [1.54, 1.807) is 0 Å². The van der Waals surface area contributed by atoms with Crippen molar-refractivity contribution in [3.8, 4) is 22.3 Å². The molecular formula is C40H28N2. The summed E-state index contributed by atoms with van der Waals surface area (Å²) >= 11 is 0. The third-order valence-electron chi connectivity index (χ3n) is 7.47. The van der Waals surface area contributed by atoms with Crippen molar-refractivity contribution in [2.24, 2.45) is 0 Å². The van der Waals surface area contributed by atoms with Crippen LogP contribution in [0, 0.1) is 0 Å². The lowest BCUT2D eigenvalue weighted by Gasteiger charge is -2.05. The van der Waals surface area contributed by atoms with Crippen LogP contribution in [0.2, 0.25) is 0 Å². The fraction of sp³-hybridized carbons (Fsp3) is 0. The summed E-state index contributed by atoms with van der Waals surface area (Å²) < 4.78 is 0. The molecule has 0 spiro atoms. The first-order valence-corrected chi connectivity index (χ1v) is 14.2. The van der Waals surface area contributed by atoms with E-state index in [9.17, 15) is 0 Å². The Labute approximate surface area is 246 Å². The minimum absolute atomic E-state index is 0.942. The second-order valence-electron chi connectivity index (χ2n) is 10.4. The molecule has 2 aromatic heterocycles. The van der Waals surface area contributed by atoms with E-state index in [0.29, 0.717) is 0 Å². The number of nitrogens with zero attached hydrogens (tertiary/aromatic N) is 2. The van der Waals surface area contributed by atoms with Crippen molar-refractivity contribution in [2.45, 2.75) is 0 Å². The van der Waals surface area contributed by atoms with E-state index in [1.165, 1.54) is 22.3 Å². The molecule has 198 valence electrons. The second kappa shape index (κ2) is 11.5. The lowest BCUT2D eigenvalue weighted by Crippen LogP contribution is -1.85. The van der Waals surface area contributed by atoms with E-state index >= 15 is 0 Å². The van der Waals surface area contributed by atoms with Crippen LogP contribution in [0.3, 0.4) is 0 Å². The van der Waals surface area contributed by atoms with Crippen LogP contribution in [0.15, 0.2) is 146 Å². The monoisotopic (exact) mass is 536 g/mol. The van der Waals surface area contributed by atoms with Gasteiger partial charge in [-0.2, -0.15) is 0 Å². The highest BCUT2D eigenvalue weighted by atomic mass is 14.7. The SMILES string of the molecule is C(=Cc1ccc2cc(-c3ccccc3)ccc2n1)c1ccc(C=Cc2ccc3cc(-c4ccccc4)ccc3n2)cc1. The first-order valence-electron chi connectivity index (χ1n) is 14.2. The molecule has 0 saturated heterocycles. The van der Waals surface area contributed by atoms with E-state index < -0.39 is 0 Å². The van der Waals surface area contributed by atoms with Gasteiger partial charge in [-0.25, -0.2) is 9.97 Å². The van der Waals surface area contributed by atoms with Crippen LogP contribution in [0.5, 0.6) is 0 Å². The smallest absolute Gasteiger partial charge is 0.0709 e. The van der Waals surface area contributed by atoms with Crippen LogP contribution in [-0.2, 0) is 0 Å². The summed E-state index contributed by atoms with van der Waals surface area (Å²) in [6, 6.07) is 50.7. The molecule has 5 aromatic carbocycles. The van der Waals surface area contributed by atoms with Gasteiger partial charge in [0, 0.05) is 10.8 Å². The number of aromatic nitrogens is 2. The van der Waals surface area contributed by atoms with Gasteiger partial charge in [0.25, 0.3) is 0 Å². The normalized spacial score (nSPS) is 11.6. The topological polar surface area (TPSA) is 25.8 Å². The summed E-state index contributed by atoms with van der Waals surface area (Å²) in [7, 11) is 0. The van der Waals surface area contributed by atoms with Crippen LogP contribution in [-0.4, -0.2) is 9.97 Å². The van der Waals surface area contributed by atoms with Crippen molar-refractivity contribution in [1.82, 2.24) is 9.97 Å². The van der Waals surface area contributed by atoms with Crippen LogP contribution in [0.1, 0.15) is 22.5 Å². The van der Waals surface area contributed by atoms with Gasteiger partial charge in [-0.15, -0.1) is 0 Å². The Morgan fingerprint density at radius 1 is 0.333 bits per heavy atom. The van der Waals surface area contributed by atoms with Gasteiger partial charge in [-0.05, 0) is 81.9 Å². The van der Waals surface area contributed by atoms with E-state index in [0.717, 1.165) is 44.3 Å². The Kier molecular flexibility index (Phi) is 6.94. The van der Waals surface area contributed by atoms with Crippen molar-refractivity contribution in [3.05, 3.63) is 168 Å². The molecule has 2 heterocycles. The van der Waals surface area contributed by atoms with Crippen molar-refractivity contribution < 1.29 is 0 Å². The third-order valence-corrected chi connectivity index (χ3v) is 7.47. The number of benzene rings is 5. The Hall–Kier alpha value is -5.60. The molecule has 0 amide bonds. The van der Waals surface area contributed by atoms with Gasteiger partial charge in [0.1, 0.15) is 0 Å². The van der Waals surface area contributed by atoms with Gasteiger partial charge in [0.05, 0.1) is 22.4 Å². The molecule has 7 rings (SSSR count). The average Bonchev–Trinajstić information content (AvgIpc) is 3.07. The zero-order valence-corrected chi connectivity index (χ0v) is 23.1. The summed E-state index contributed by atoms with van der Waals surface area (Å²) in [5.41, 5.74) is 11.0. The molecule has 0 fully saturated rings. The number of fused-ring (bicyclic) bond motifs is 2. The van der Waals surface area contributed by atoms with Gasteiger partial charge in [0.2, 0.25) is 0 Å². The van der Waals surface area contributed by atoms with Crippen molar-refractivity contribution in [1.29, 1.82) is 0 Å². The Balaban J connectivity index is 1.03. The average molecular weight is 537 g/mol. The number of pyridine rings is 2. The fourth-order valence-electron chi connectivity index (χ4n) is 5.17. The minimum atomic E-state index is 0.942. The maximum atomic E-state index is 4.84. The molecule has 0 aliphatic carbocycles. The summed E-state index contributed by atoms with van der Waals surface area (Å²) in [5.74, 6) is 0. The van der Waals surface area contributed by atoms with E-state index in [2.05, 4.69) is 158 Å². The van der Waals surface area contributed by atoms with Gasteiger partial charge >= 0.3 is 0 Å². The van der Waals surface area contributed by atoms with Crippen molar-refractivity contribution in [3.63, 3.8) is 0 Å². The van der Waals surface area contributed by atoms with Crippen LogP contribution < -0.4 is 0 Å². The molecule has 42 heavy (non-hydrogen) atoms. The second-order valence-corrected chi connectivity index (χ2v) is 10.4. The predicted molar refractivity (Wildman–Crippen MR) is 179 cm³/mol.